The molecule has 0 aliphatic carbocycles. The molecule has 1 N–H and O–H groups in total. The van der Waals surface area contributed by atoms with Crippen molar-refractivity contribution in [1.29, 1.82) is 0 Å². The first-order valence-corrected chi connectivity index (χ1v) is 9.80. The minimum atomic E-state index is -3.10. The van der Waals surface area contributed by atoms with E-state index in [1.807, 2.05) is 24.3 Å². The van der Waals surface area contributed by atoms with Gasteiger partial charge >= 0.3 is 0 Å². The normalized spacial score (nSPS) is 16.8. The molecule has 0 bridgehead atoms. The minimum absolute atomic E-state index is 0.0296. The fraction of sp³-hybridized carbons (Fsp3) is 0.562. The number of piperazine rings is 1. The lowest BCUT2D eigenvalue weighted by Crippen LogP contribution is -2.49. The topological polar surface area (TPSA) is 79.0 Å². The van der Waals surface area contributed by atoms with Crippen LogP contribution in [0.25, 0.3) is 0 Å². The molecule has 1 aromatic carbocycles. The van der Waals surface area contributed by atoms with Gasteiger partial charge in [-0.15, -0.1) is 0 Å². The van der Waals surface area contributed by atoms with Gasteiger partial charge in [0, 0.05) is 39.3 Å². The first-order chi connectivity index (χ1) is 11.4. The minimum Gasteiger partial charge on any atom is -0.497 e. The highest BCUT2D eigenvalue weighted by molar-refractivity contribution is 7.88. The van der Waals surface area contributed by atoms with Gasteiger partial charge in [0.15, 0.2) is 0 Å². The van der Waals surface area contributed by atoms with Gasteiger partial charge in [-0.2, -0.15) is 4.31 Å². The van der Waals surface area contributed by atoms with E-state index in [1.54, 1.807) is 7.11 Å². The Morgan fingerprint density at radius 1 is 1.25 bits per heavy atom. The molecule has 0 radical (unpaired) electrons. The number of hydrogen-bond donors (Lipinski definition) is 1. The summed E-state index contributed by atoms with van der Waals surface area (Å²) in [6.45, 7) is 3.69. The highest BCUT2D eigenvalue weighted by Gasteiger charge is 2.22. The lowest BCUT2D eigenvalue weighted by atomic mass is 10.1. The molecule has 0 unspecified atom stereocenters. The molecule has 1 aliphatic rings. The number of carbonyl (C=O) groups is 1. The van der Waals surface area contributed by atoms with Gasteiger partial charge in [0.25, 0.3) is 0 Å². The summed E-state index contributed by atoms with van der Waals surface area (Å²) in [4.78, 5) is 14.1. The van der Waals surface area contributed by atoms with Crippen LogP contribution in [0.3, 0.4) is 0 Å². The van der Waals surface area contributed by atoms with Gasteiger partial charge in [0.05, 0.1) is 19.8 Å². The van der Waals surface area contributed by atoms with E-state index in [1.165, 1.54) is 10.6 Å². The molecule has 1 saturated heterocycles. The summed E-state index contributed by atoms with van der Waals surface area (Å²) in [5, 5.41) is 2.90. The third-order valence-corrected chi connectivity index (χ3v) is 5.35. The van der Waals surface area contributed by atoms with Gasteiger partial charge in [-0.1, -0.05) is 12.1 Å². The monoisotopic (exact) mass is 355 g/mol. The van der Waals surface area contributed by atoms with Crippen molar-refractivity contribution < 1.29 is 17.9 Å². The van der Waals surface area contributed by atoms with Crippen molar-refractivity contribution in [3.05, 3.63) is 29.8 Å². The number of benzene rings is 1. The average Bonchev–Trinajstić information content (AvgIpc) is 2.54. The molecule has 1 fully saturated rings. The lowest BCUT2D eigenvalue weighted by Gasteiger charge is -2.33. The lowest BCUT2D eigenvalue weighted by molar-refractivity contribution is -0.120. The van der Waals surface area contributed by atoms with E-state index in [0.717, 1.165) is 17.9 Å². The van der Waals surface area contributed by atoms with Gasteiger partial charge < -0.3 is 10.1 Å². The molecule has 1 heterocycles. The molecule has 0 saturated carbocycles. The summed E-state index contributed by atoms with van der Waals surface area (Å²) >= 11 is 0. The number of rotatable bonds is 7. The Bertz CT molecular complexity index is 655. The molecule has 24 heavy (non-hydrogen) atoms. The number of carbonyl (C=O) groups excluding carboxylic acids is 1. The maximum Gasteiger partial charge on any atom is 0.224 e. The van der Waals surface area contributed by atoms with Crippen molar-refractivity contribution >= 4 is 15.9 Å². The van der Waals surface area contributed by atoms with Crippen LogP contribution in [-0.2, 0) is 21.2 Å². The maximum atomic E-state index is 12.0. The molecule has 0 atom stereocenters. The Labute approximate surface area is 143 Å². The van der Waals surface area contributed by atoms with Gasteiger partial charge in [-0.05, 0) is 17.7 Å². The van der Waals surface area contributed by atoms with Crippen LogP contribution < -0.4 is 10.1 Å². The summed E-state index contributed by atoms with van der Waals surface area (Å²) in [6.07, 6.45) is 1.56. The van der Waals surface area contributed by atoms with Crippen LogP contribution in [0, 0.1) is 0 Å². The number of methoxy groups -OCH3 is 1. The van der Waals surface area contributed by atoms with Crippen LogP contribution in [-0.4, -0.2) is 76.2 Å². The molecule has 0 aromatic heterocycles. The molecule has 0 spiro atoms. The Balaban J connectivity index is 1.68. The number of nitrogens with one attached hydrogen (secondary N) is 1. The predicted octanol–water partition coefficient (Wildman–Crippen LogP) is -0.0689. The first kappa shape index (κ1) is 18.7. The van der Waals surface area contributed by atoms with Gasteiger partial charge in [0.2, 0.25) is 15.9 Å². The second-order valence-electron chi connectivity index (χ2n) is 5.88. The first-order valence-electron chi connectivity index (χ1n) is 7.95. The molecule has 1 aromatic rings. The van der Waals surface area contributed by atoms with Crippen LogP contribution in [0.5, 0.6) is 5.75 Å². The van der Waals surface area contributed by atoms with Crippen LogP contribution in [0.1, 0.15) is 5.56 Å². The number of nitrogens with zero attached hydrogens (tertiary/aromatic N) is 2. The molecule has 7 nitrogen and oxygen atoms in total. The van der Waals surface area contributed by atoms with Crippen molar-refractivity contribution in [2.24, 2.45) is 0 Å². The molecule has 1 amide bonds. The second kappa shape index (κ2) is 8.46. The van der Waals surface area contributed by atoms with E-state index in [-0.39, 0.29) is 5.91 Å². The number of ether oxygens (including phenoxy) is 1. The van der Waals surface area contributed by atoms with Crippen molar-refractivity contribution in [3.63, 3.8) is 0 Å². The standard InChI is InChI=1S/C16H25N3O4S/c1-23-15-5-3-4-14(12-15)13-16(20)17-6-7-18-8-10-19(11-9-18)24(2,21)22/h3-5,12H,6-11,13H2,1-2H3,(H,17,20). The summed E-state index contributed by atoms with van der Waals surface area (Å²) in [7, 11) is -1.50. The Morgan fingerprint density at radius 2 is 1.96 bits per heavy atom. The summed E-state index contributed by atoms with van der Waals surface area (Å²) < 4.78 is 29.5. The SMILES string of the molecule is COc1cccc(CC(=O)NCCN2CCN(S(C)(=O)=O)CC2)c1. The van der Waals surface area contributed by atoms with E-state index in [4.69, 9.17) is 4.74 Å². The second-order valence-corrected chi connectivity index (χ2v) is 7.86. The number of sulfonamides is 1. The third kappa shape index (κ3) is 5.77. The average molecular weight is 355 g/mol. The summed E-state index contributed by atoms with van der Waals surface area (Å²) in [6, 6.07) is 7.46. The molecule has 8 heteroatoms. The van der Waals surface area contributed by atoms with E-state index in [0.29, 0.717) is 39.1 Å². The zero-order valence-corrected chi connectivity index (χ0v) is 15.0. The molecule has 2 rings (SSSR count). The van der Waals surface area contributed by atoms with E-state index >= 15 is 0 Å². The smallest absolute Gasteiger partial charge is 0.224 e. The van der Waals surface area contributed by atoms with Gasteiger partial charge in [-0.25, -0.2) is 8.42 Å². The number of amides is 1. The van der Waals surface area contributed by atoms with Gasteiger partial charge in [-0.3, -0.25) is 9.69 Å². The fourth-order valence-corrected chi connectivity index (χ4v) is 3.50. The van der Waals surface area contributed by atoms with E-state index in [9.17, 15) is 13.2 Å². The Morgan fingerprint density at radius 3 is 2.58 bits per heavy atom. The van der Waals surface area contributed by atoms with Crippen molar-refractivity contribution in [1.82, 2.24) is 14.5 Å². The summed E-state index contributed by atoms with van der Waals surface area (Å²) in [5.74, 6) is 0.710. The zero-order chi connectivity index (χ0) is 17.6. The fourth-order valence-electron chi connectivity index (χ4n) is 2.67. The van der Waals surface area contributed by atoms with Gasteiger partial charge in [0.1, 0.15) is 5.75 Å². The molecular formula is C16H25N3O4S. The summed E-state index contributed by atoms with van der Waals surface area (Å²) in [5.41, 5.74) is 0.911. The molecule has 134 valence electrons. The zero-order valence-electron chi connectivity index (χ0n) is 14.2. The van der Waals surface area contributed by atoms with E-state index in [2.05, 4.69) is 10.2 Å². The quantitative estimate of drug-likeness (QED) is 0.741. The van der Waals surface area contributed by atoms with Crippen LogP contribution >= 0.6 is 0 Å². The van der Waals surface area contributed by atoms with Crippen LogP contribution in [0.4, 0.5) is 0 Å². The van der Waals surface area contributed by atoms with E-state index < -0.39 is 10.0 Å². The van der Waals surface area contributed by atoms with Crippen LogP contribution in [0.15, 0.2) is 24.3 Å². The molecular weight excluding hydrogens is 330 g/mol. The van der Waals surface area contributed by atoms with Crippen molar-refractivity contribution in [2.75, 3.05) is 52.6 Å². The maximum absolute atomic E-state index is 12.0. The van der Waals surface area contributed by atoms with Crippen molar-refractivity contribution in [3.8, 4) is 5.75 Å². The van der Waals surface area contributed by atoms with Crippen LogP contribution in [0.2, 0.25) is 0 Å². The predicted molar refractivity (Wildman–Crippen MR) is 92.6 cm³/mol. The highest BCUT2D eigenvalue weighted by atomic mass is 32.2. The largest absolute Gasteiger partial charge is 0.497 e. The Hall–Kier alpha value is -1.64. The number of hydrogen-bond acceptors (Lipinski definition) is 5. The Kier molecular flexibility index (Phi) is 6.59. The van der Waals surface area contributed by atoms with Crippen molar-refractivity contribution in [2.45, 2.75) is 6.42 Å². The third-order valence-electron chi connectivity index (χ3n) is 4.05. The highest BCUT2D eigenvalue weighted by Crippen LogP contribution is 2.12. The molecule has 1 aliphatic heterocycles.